The molecule has 0 radical (unpaired) electrons. The summed E-state index contributed by atoms with van der Waals surface area (Å²) >= 11 is 0. The van der Waals surface area contributed by atoms with E-state index in [0.717, 1.165) is 10.5 Å². The summed E-state index contributed by atoms with van der Waals surface area (Å²) in [4.78, 5) is 11.8. The van der Waals surface area contributed by atoms with Gasteiger partial charge in [0.2, 0.25) is 0 Å². The van der Waals surface area contributed by atoms with E-state index in [-0.39, 0.29) is 23.9 Å². The molecule has 0 aliphatic carbocycles. The number of amides is 1. The van der Waals surface area contributed by atoms with Gasteiger partial charge in [0.1, 0.15) is 0 Å². The monoisotopic (exact) mass is 335 g/mol. The van der Waals surface area contributed by atoms with E-state index < -0.39 is 22.1 Å². The third-order valence-corrected chi connectivity index (χ3v) is 4.58. The quantitative estimate of drug-likeness (QED) is 0.833. The summed E-state index contributed by atoms with van der Waals surface area (Å²) in [5, 5.41) is 6.94. The Labute approximate surface area is 125 Å². The number of benzene rings is 1. The second-order valence-corrected chi connectivity index (χ2v) is 6.61. The Morgan fingerprint density at radius 1 is 1.14 bits per heavy atom. The van der Waals surface area contributed by atoms with Crippen LogP contribution in [0, 0.1) is 0 Å². The molecule has 122 valence electrons. The number of carbonyl (C=O) groups excluding carboxylic acids is 1. The van der Waals surface area contributed by atoms with Gasteiger partial charge in [-0.25, -0.2) is 8.42 Å². The number of alkyl halides is 3. The summed E-state index contributed by atoms with van der Waals surface area (Å²) in [6.45, 7) is 0.0308. The third-order valence-electron chi connectivity index (χ3n) is 3.69. The molecule has 0 atom stereocenters. The Balaban J connectivity index is 2.02. The molecule has 0 bridgehead atoms. The maximum atomic E-state index is 12.3. The average molecular weight is 335 g/mol. The summed E-state index contributed by atoms with van der Waals surface area (Å²) in [5.41, 5.74) is 0.798. The number of sulfonamides is 1. The molecule has 0 aromatic heterocycles. The Kier molecular flexibility index (Phi) is 4.48. The third kappa shape index (κ3) is 3.77. The molecule has 1 aromatic rings. The zero-order valence-corrected chi connectivity index (χ0v) is 12.2. The maximum absolute atomic E-state index is 12.3. The number of carbonyl (C=O) groups is 1. The van der Waals surface area contributed by atoms with E-state index >= 15 is 0 Å². The number of piperidine rings is 1. The number of hydrogen-bond acceptors (Lipinski definition) is 3. The molecule has 1 heterocycles. The fourth-order valence-electron chi connectivity index (χ4n) is 2.51. The van der Waals surface area contributed by atoms with Crippen LogP contribution >= 0.6 is 0 Å². The average Bonchev–Trinajstić information content (AvgIpc) is 2.45. The highest BCUT2D eigenvalue weighted by molar-refractivity contribution is 7.93. The lowest BCUT2D eigenvalue weighted by Crippen LogP contribution is -2.45. The molecule has 9 heteroatoms. The van der Waals surface area contributed by atoms with Crippen LogP contribution in [0.2, 0.25) is 0 Å². The van der Waals surface area contributed by atoms with E-state index in [0.29, 0.717) is 12.8 Å². The molecule has 1 aliphatic heterocycles. The van der Waals surface area contributed by atoms with Gasteiger partial charge in [-0.1, -0.05) is 12.1 Å². The lowest BCUT2D eigenvalue weighted by atomic mass is 9.89. The fraction of sp³-hybridized carbons (Fsp3) is 0.462. The van der Waals surface area contributed by atoms with Crippen molar-refractivity contribution in [1.29, 1.82) is 0 Å². The Morgan fingerprint density at radius 2 is 1.64 bits per heavy atom. The minimum atomic E-state index is -4.85. The van der Waals surface area contributed by atoms with E-state index in [2.05, 4.69) is 0 Å². The van der Waals surface area contributed by atoms with Gasteiger partial charge >= 0.3 is 12.1 Å². The molecular formula is C13H14F3N2O3S-. The van der Waals surface area contributed by atoms with Crippen LogP contribution in [0.3, 0.4) is 0 Å². The van der Waals surface area contributed by atoms with Gasteiger partial charge in [-0.3, -0.25) is 4.79 Å². The molecule has 1 saturated heterocycles. The molecule has 1 N–H and O–H groups in total. The molecule has 5 nitrogen and oxygen atoms in total. The normalized spacial score (nSPS) is 17.5. The molecule has 1 amide bonds. The highest BCUT2D eigenvalue weighted by Crippen LogP contribution is 2.30. The van der Waals surface area contributed by atoms with Crippen LogP contribution in [-0.2, 0) is 14.8 Å². The van der Waals surface area contributed by atoms with E-state index in [1.807, 2.05) is 0 Å². The van der Waals surface area contributed by atoms with Crippen molar-refractivity contribution in [3.8, 4) is 0 Å². The van der Waals surface area contributed by atoms with Crippen molar-refractivity contribution in [1.82, 2.24) is 4.90 Å². The van der Waals surface area contributed by atoms with Gasteiger partial charge in [0.15, 0.2) is 0 Å². The summed E-state index contributed by atoms with van der Waals surface area (Å²) in [5.74, 6) is -1.85. The summed E-state index contributed by atoms with van der Waals surface area (Å²) in [7, 11) is -4.01. The zero-order chi connectivity index (χ0) is 16.5. The van der Waals surface area contributed by atoms with Crippen LogP contribution in [0.4, 0.5) is 13.2 Å². The largest absolute Gasteiger partial charge is 0.560 e. The summed E-state index contributed by atoms with van der Waals surface area (Å²) in [6, 6.07) is 5.75. The SMILES string of the molecule is [NH-]S(=O)(=O)c1ccc(C2CCN(C(=O)C(F)(F)F)CC2)cc1. The number of likely N-dealkylation sites (tertiary alicyclic amines) is 1. The topological polar surface area (TPSA) is 78.2 Å². The molecule has 1 aromatic carbocycles. The van der Waals surface area contributed by atoms with Crippen molar-refractivity contribution in [2.24, 2.45) is 0 Å². The Hall–Kier alpha value is -1.61. The lowest BCUT2D eigenvalue weighted by Gasteiger charge is -2.32. The minimum absolute atomic E-state index is 0.0154. The van der Waals surface area contributed by atoms with Crippen molar-refractivity contribution in [2.45, 2.75) is 29.8 Å². The van der Waals surface area contributed by atoms with Gasteiger partial charge in [-0.2, -0.15) is 13.2 Å². The van der Waals surface area contributed by atoms with Gasteiger partial charge in [0.05, 0.1) is 10.0 Å². The molecule has 1 aliphatic rings. The zero-order valence-electron chi connectivity index (χ0n) is 11.4. The second kappa shape index (κ2) is 5.88. The lowest BCUT2D eigenvalue weighted by molar-refractivity contribution is -0.186. The number of nitrogens with zero attached hydrogens (tertiary/aromatic N) is 1. The first kappa shape index (κ1) is 16.8. The van der Waals surface area contributed by atoms with Crippen molar-refractivity contribution < 1.29 is 26.4 Å². The molecule has 0 unspecified atom stereocenters. The molecular weight excluding hydrogens is 321 g/mol. The highest BCUT2D eigenvalue weighted by atomic mass is 32.2. The number of nitrogens with one attached hydrogen (secondary N) is 1. The Morgan fingerprint density at radius 3 is 2.05 bits per heavy atom. The molecule has 0 spiro atoms. The number of hydrogen-bond donors (Lipinski definition) is 0. The predicted octanol–water partition coefficient (Wildman–Crippen LogP) is 2.70. The van der Waals surface area contributed by atoms with Crippen molar-refractivity contribution in [2.75, 3.05) is 13.1 Å². The van der Waals surface area contributed by atoms with Gasteiger partial charge in [-0.15, -0.1) is 0 Å². The van der Waals surface area contributed by atoms with Crippen LogP contribution in [0.15, 0.2) is 29.2 Å². The van der Waals surface area contributed by atoms with Crippen LogP contribution < -0.4 is 0 Å². The standard InChI is InChI=1S/C13H14F3N2O3S/c14-13(15,16)12(19)18-7-5-10(6-8-18)9-1-3-11(4-2-9)22(17,20)21/h1-4,10H,5-8H2,(H-,17,20,21)/q-1. The van der Waals surface area contributed by atoms with Gasteiger partial charge < -0.3 is 10.0 Å². The van der Waals surface area contributed by atoms with Gasteiger partial charge in [0, 0.05) is 18.0 Å². The van der Waals surface area contributed by atoms with Crippen molar-refractivity contribution in [3.05, 3.63) is 35.0 Å². The first-order valence-electron chi connectivity index (χ1n) is 6.55. The van der Waals surface area contributed by atoms with E-state index in [1.54, 1.807) is 12.1 Å². The fourth-order valence-corrected chi connectivity index (χ4v) is 3.01. The predicted molar refractivity (Wildman–Crippen MR) is 72.6 cm³/mol. The maximum Gasteiger partial charge on any atom is 0.471 e. The number of rotatable bonds is 2. The van der Waals surface area contributed by atoms with Crippen molar-refractivity contribution in [3.63, 3.8) is 0 Å². The summed E-state index contributed by atoms with van der Waals surface area (Å²) < 4.78 is 59.1. The molecule has 2 rings (SSSR count). The van der Waals surface area contributed by atoms with E-state index in [4.69, 9.17) is 5.14 Å². The smallest absolute Gasteiger partial charge is 0.471 e. The number of halogens is 3. The highest BCUT2D eigenvalue weighted by Gasteiger charge is 2.43. The summed E-state index contributed by atoms with van der Waals surface area (Å²) in [6.07, 6.45) is -4.08. The van der Waals surface area contributed by atoms with Crippen LogP contribution in [0.25, 0.3) is 5.14 Å². The van der Waals surface area contributed by atoms with Crippen LogP contribution in [0.1, 0.15) is 24.3 Å². The Bertz CT molecular complexity index is 648. The van der Waals surface area contributed by atoms with Crippen molar-refractivity contribution >= 4 is 15.9 Å². The van der Waals surface area contributed by atoms with Crippen LogP contribution in [0.5, 0.6) is 0 Å². The molecule has 22 heavy (non-hydrogen) atoms. The molecule has 0 saturated carbocycles. The first-order chi connectivity index (χ1) is 10.1. The molecule has 1 fully saturated rings. The second-order valence-electron chi connectivity index (χ2n) is 5.14. The minimum Gasteiger partial charge on any atom is -0.560 e. The van der Waals surface area contributed by atoms with Crippen LogP contribution in [-0.4, -0.2) is 38.5 Å². The first-order valence-corrected chi connectivity index (χ1v) is 8.03. The van der Waals surface area contributed by atoms with E-state index in [1.165, 1.54) is 12.1 Å². The van der Waals surface area contributed by atoms with Gasteiger partial charge in [0.25, 0.3) is 0 Å². The van der Waals surface area contributed by atoms with Gasteiger partial charge in [-0.05, 0) is 36.5 Å². The van der Waals surface area contributed by atoms with E-state index in [9.17, 15) is 26.4 Å².